The van der Waals surface area contributed by atoms with Gasteiger partial charge < -0.3 is 10.1 Å². The first kappa shape index (κ1) is 15.0. The highest BCUT2D eigenvalue weighted by atomic mass is 16.6. The van der Waals surface area contributed by atoms with Crippen molar-refractivity contribution in [3.63, 3.8) is 0 Å². The van der Waals surface area contributed by atoms with Gasteiger partial charge in [0.15, 0.2) is 0 Å². The smallest absolute Gasteiger partial charge is 0.390 e. The van der Waals surface area contributed by atoms with Gasteiger partial charge in [-0.2, -0.15) is 9.78 Å². The van der Waals surface area contributed by atoms with Crippen LogP contribution in [0.4, 0.5) is 5.95 Å². The second-order valence-electron chi connectivity index (χ2n) is 4.08. The monoisotopic (exact) mass is 300 g/mol. The number of hydrazone groups is 1. The highest BCUT2D eigenvalue weighted by Gasteiger charge is 2.14. The van der Waals surface area contributed by atoms with Crippen molar-refractivity contribution >= 4 is 24.1 Å². The number of hydrogen-bond acceptors (Lipinski definition) is 6. The SMILES string of the molecule is O=C(Cn1cnc([N+](=O)[O-])n1)N/N=C/C=C/c1ccccc1. The van der Waals surface area contributed by atoms with Crippen molar-refractivity contribution in [1.82, 2.24) is 20.2 Å². The molecule has 9 heteroatoms. The molecular formula is C13H12N6O3. The number of carbonyl (C=O) groups excluding carboxylic acids is 1. The molecule has 112 valence electrons. The highest BCUT2D eigenvalue weighted by molar-refractivity contribution is 5.81. The van der Waals surface area contributed by atoms with Crippen LogP contribution in [0.5, 0.6) is 0 Å². The number of aromatic nitrogens is 3. The summed E-state index contributed by atoms with van der Waals surface area (Å²) in [5.74, 6) is -1.02. The van der Waals surface area contributed by atoms with Gasteiger partial charge >= 0.3 is 5.95 Å². The summed E-state index contributed by atoms with van der Waals surface area (Å²) in [7, 11) is 0. The summed E-state index contributed by atoms with van der Waals surface area (Å²) in [6, 6.07) is 9.60. The van der Waals surface area contributed by atoms with E-state index < -0.39 is 16.8 Å². The third kappa shape index (κ3) is 4.63. The van der Waals surface area contributed by atoms with Gasteiger partial charge in [-0.1, -0.05) is 41.4 Å². The van der Waals surface area contributed by atoms with E-state index in [-0.39, 0.29) is 6.54 Å². The van der Waals surface area contributed by atoms with Gasteiger partial charge in [-0.25, -0.2) is 5.43 Å². The standard InChI is InChI=1S/C13H12N6O3/c20-12(9-18-10-14-13(17-18)19(21)22)16-15-8-4-7-11-5-2-1-3-6-11/h1-8,10H,9H2,(H,16,20)/b7-4+,15-8+. The van der Waals surface area contributed by atoms with Crippen molar-refractivity contribution in [3.05, 3.63) is 58.4 Å². The Morgan fingerprint density at radius 1 is 1.41 bits per heavy atom. The molecular weight excluding hydrogens is 288 g/mol. The first-order valence-corrected chi connectivity index (χ1v) is 6.22. The van der Waals surface area contributed by atoms with E-state index in [0.29, 0.717) is 0 Å². The summed E-state index contributed by atoms with van der Waals surface area (Å²) >= 11 is 0. The van der Waals surface area contributed by atoms with Gasteiger partial charge in [0.1, 0.15) is 6.54 Å². The Morgan fingerprint density at radius 2 is 2.18 bits per heavy atom. The molecule has 0 atom stereocenters. The Hall–Kier alpha value is -3.36. The Kier molecular flexibility index (Phi) is 5.08. The highest BCUT2D eigenvalue weighted by Crippen LogP contribution is 2.00. The molecule has 0 fully saturated rings. The molecule has 1 heterocycles. The number of rotatable bonds is 6. The average molecular weight is 300 g/mol. The zero-order chi connectivity index (χ0) is 15.8. The van der Waals surface area contributed by atoms with Crippen LogP contribution in [0.2, 0.25) is 0 Å². The average Bonchev–Trinajstić information content (AvgIpc) is 2.96. The lowest BCUT2D eigenvalue weighted by Crippen LogP contribution is -2.23. The molecule has 0 saturated carbocycles. The van der Waals surface area contributed by atoms with Crippen LogP contribution in [0.1, 0.15) is 5.56 Å². The summed E-state index contributed by atoms with van der Waals surface area (Å²) in [6.07, 6.45) is 6.04. The molecule has 0 saturated heterocycles. The molecule has 1 aromatic heterocycles. The van der Waals surface area contributed by atoms with E-state index in [9.17, 15) is 14.9 Å². The molecule has 0 spiro atoms. The van der Waals surface area contributed by atoms with Crippen molar-refractivity contribution < 1.29 is 9.72 Å². The molecule has 0 aliphatic heterocycles. The molecule has 1 N–H and O–H groups in total. The number of benzene rings is 1. The molecule has 0 aliphatic rings. The van der Waals surface area contributed by atoms with Crippen LogP contribution in [0.15, 0.2) is 47.8 Å². The molecule has 1 amide bonds. The maximum atomic E-state index is 11.5. The third-order valence-electron chi connectivity index (χ3n) is 2.43. The zero-order valence-corrected chi connectivity index (χ0v) is 11.4. The van der Waals surface area contributed by atoms with E-state index in [2.05, 4.69) is 20.6 Å². The second-order valence-corrected chi connectivity index (χ2v) is 4.08. The molecule has 0 unspecified atom stereocenters. The Balaban J connectivity index is 1.78. The van der Waals surface area contributed by atoms with Gasteiger partial charge in [0.2, 0.25) is 6.33 Å². The number of carbonyl (C=O) groups is 1. The van der Waals surface area contributed by atoms with Crippen molar-refractivity contribution in [2.75, 3.05) is 0 Å². The van der Waals surface area contributed by atoms with Crippen LogP contribution in [0.3, 0.4) is 0 Å². The normalized spacial score (nSPS) is 11.1. The van der Waals surface area contributed by atoms with Gasteiger partial charge in [-0.3, -0.25) is 4.79 Å². The number of allylic oxidation sites excluding steroid dienone is 1. The Bertz CT molecular complexity index is 708. The minimum Gasteiger partial charge on any atom is -0.390 e. The summed E-state index contributed by atoms with van der Waals surface area (Å²) in [6.45, 7) is -0.208. The maximum absolute atomic E-state index is 11.5. The lowest BCUT2D eigenvalue weighted by Gasteiger charge is -1.95. The molecule has 0 aliphatic carbocycles. The van der Waals surface area contributed by atoms with Crippen molar-refractivity contribution in [3.8, 4) is 0 Å². The lowest BCUT2D eigenvalue weighted by atomic mass is 10.2. The van der Waals surface area contributed by atoms with Crippen molar-refractivity contribution in [1.29, 1.82) is 0 Å². The van der Waals surface area contributed by atoms with Crippen LogP contribution in [-0.4, -0.2) is 31.8 Å². The van der Waals surface area contributed by atoms with E-state index in [4.69, 9.17) is 0 Å². The summed E-state index contributed by atoms with van der Waals surface area (Å²) in [5, 5.41) is 17.6. The zero-order valence-electron chi connectivity index (χ0n) is 11.4. The van der Waals surface area contributed by atoms with Crippen LogP contribution in [0, 0.1) is 10.1 Å². The van der Waals surface area contributed by atoms with Crippen LogP contribution in [0.25, 0.3) is 6.08 Å². The van der Waals surface area contributed by atoms with Gasteiger partial charge in [0, 0.05) is 11.3 Å². The van der Waals surface area contributed by atoms with Crippen LogP contribution < -0.4 is 5.43 Å². The fourth-order valence-corrected chi connectivity index (χ4v) is 1.50. The molecule has 0 radical (unpaired) electrons. The van der Waals surface area contributed by atoms with E-state index in [1.165, 1.54) is 6.21 Å². The molecule has 1 aromatic carbocycles. The molecule has 0 bridgehead atoms. The number of hydrogen-bond donors (Lipinski definition) is 1. The van der Waals surface area contributed by atoms with E-state index in [1.807, 2.05) is 36.4 Å². The van der Waals surface area contributed by atoms with E-state index in [1.54, 1.807) is 6.08 Å². The topological polar surface area (TPSA) is 115 Å². The van der Waals surface area contributed by atoms with Crippen LogP contribution in [-0.2, 0) is 11.3 Å². The third-order valence-corrected chi connectivity index (χ3v) is 2.43. The Morgan fingerprint density at radius 3 is 2.86 bits per heavy atom. The minimum absolute atomic E-state index is 0.208. The molecule has 2 rings (SSSR count). The van der Waals surface area contributed by atoms with Crippen LogP contribution >= 0.6 is 0 Å². The van der Waals surface area contributed by atoms with E-state index in [0.717, 1.165) is 16.6 Å². The summed E-state index contributed by atoms with van der Waals surface area (Å²) in [5.41, 5.74) is 3.29. The van der Waals surface area contributed by atoms with Crippen molar-refractivity contribution in [2.45, 2.75) is 6.54 Å². The molecule has 22 heavy (non-hydrogen) atoms. The predicted molar refractivity (Wildman–Crippen MR) is 78.8 cm³/mol. The first-order chi connectivity index (χ1) is 10.6. The fraction of sp³-hybridized carbons (Fsp3) is 0.0769. The maximum Gasteiger partial charge on any atom is 0.490 e. The fourth-order valence-electron chi connectivity index (χ4n) is 1.50. The predicted octanol–water partition coefficient (Wildman–Crippen LogP) is 1.00. The number of amides is 1. The first-order valence-electron chi connectivity index (χ1n) is 6.22. The number of nitrogens with one attached hydrogen (secondary N) is 1. The van der Waals surface area contributed by atoms with Gasteiger partial charge in [0.25, 0.3) is 5.91 Å². The van der Waals surface area contributed by atoms with Gasteiger partial charge in [-0.15, -0.1) is 0 Å². The number of nitrogens with zero attached hydrogens (tertiary/aromatic N) is 5. The van der Waals surface area contributed by atoms with Gasteiger partial charge in [0.05, 0.1) is 0 Å². The Labute approximate surface area is 125 Å². The van der Waals surface area contributed by atoms with Crippen molar-refractivity contribution in [2.24, 2.45) is 5.10 Å². The summed E-state index contributed by atoms with van der Waals surface area (Å²) < 4.78 is 1.06. The largest absolute Gasteiger partial charge is 0.490 e. The second kappa shape index (κ2) is 7.43. The lowest BCUT2D eigenvalue weighted by molar-refractivity contribution is -0.394. The van der Waals surface area contributed by atoms with E-state index >= 15 is 0 Å². The minimum atomic E-state index is -0.735. The molecule has 2 aromatic rings. The van der Waals surface area contributed by atoms with Gasteiger partial charge in [-0.05, 0) is 16.6 Å². The quantitative estimate of drug-likeness (QED) is 0.485. The number of nitro groups is 1. The summed E-state index contributed by atoms with van der Waals surface area (Å²) in [4.78, 5) is 24.6. The molecule has 9 nitrogen and oxygen atoms in total.